The largest absolute Gasteiger partial charge is 0.383 e. The highest BCUT2D eigenvalue weighted by molar-refractivity contribution is 5.40. The SMILES string of the molecule is COCCn1cc(NCC2CCC(C)O2)ccc1=O. The Bertz CT molecular complexity index is 458. The molecule has 0 bridgehead atoms. The second-order valence-corrected chi connectivity index (χ2v) is 4.97. The third-order valence-electron chi connectivity index (χ3n) is 3.37. The van der Waals surface area contributed by atoms with E-state index in [0.29, 0.717) is 19.3 Å². The summed E-state index contributed by atoms with van der Waals surface area (Å²) in [7, 11) is 1.63. The van der Waals surface area contributed by atoms with Crippen LogP contribution in [0, 0.1) is 0 Å². The van der Waals surface area contributed by atoms with Crippen LogP contribution in [0.2, 0.25) is 0 Å². The van der Waals surface area contributed by atoms with Crippen molar-refractivity contribution >= 4 is 5.69 Å². The molecule has 5 heteroatoms. The van der Waals surface area contributed by atoms with Crippen molar-refractivity contribution in [2.45, 2.75) is 38.5 Å². The smallest absolute Gasteiger partial charge is 0.250 e. The van der Waals surface area contributed by atoms with Crippen molar-refractivity contribution in [2.75, 3.05) is 25.6 Å². The van der Waals surface area contributed by atoms with E-state index in [1.807, 2.05) is 12.3 Å². The molecule has 0 aromatic carbocycles. The van der Waals surface area contributed by atoms with Gasteiger partial charge in [-0.25, -0.2) is 0 Å². The van der Waals surface area contributed by atoms with Gasteiger partial charge in [-0.3, -0.25) is 4.79 Å². The van der Waals surface area contributed by atoms with Gasteiger partial charge in [0.25, 0.3) is 5.56 Å². The normalized spacial score (nSPS) is 22.6. The van der Waals surface area contributed by atoms with Crippen molar-refractivity contribution in [3.63, 3.8) is 0 Å². The molecule has 1 aromatic rings. The van der Waals surface area contributed by atoms with E-state index >= 15 is 0 Å². The van der Waals surface area contributed by atoms with Crippen molar-refractivity contribution in [3.8, 4) is 0 Å². The number of ether oxygens (including phenoxy) is 2. The average molecular weight is 266 g/mol. The van der Waals surface area contributed by atoms with Gasteiger partial charge in [-0.15, -0.1) is 0 Å². The molecule has 1 N–H and O–H groups in total. The Hall–Kier alpha value is -1.33. The average Bonchev–Trinajstić information content (AvgIpc) is 2.82. The molecule has 1 aliphatic rings. The molecule has 2 rings (SSSR count). The topological polar surface area (TPSA) is 52.5 Å². The highest BCUT2D eigenvalue weighted by atomic mass is 16.5. The van der Waals surface area contributed by atoms with E-state index in [0.717, 1.165) is 25.1 Å². The van der Waals surface area contributed by atoms with Crippen molar-refractivity contribution in [2.24, 2.45) is 0 Å². The number of nitrogens with one attached hydrogen (secondary N) is 1. The van der Waals surface area contributed by atoms with E-state index in [1.54, 1.807) is 17.7 Å². The van der Waals surface area contributed by atoms with E-state index in [4.69, 9.17) is 9.47 Å². The van der Waals surface area contributed by atoms with Crippen molar-refractivity contribution in [1.29, 1.82) is 0 Å². The fraction of sp³-hybridized carbons (Fsp3) is 0.643. The summed E-state index contributed by atoms with van der Waals surface area (Å²) >= 11 is 0. The number of hydrogen-bond donors (Lipinski definition) is 1. The van der Waals surface area contributed by atoms with Gasteiger partial charge in [0.1, 0.15) is 0 Å². The van der Waals surface area contributed by atoms with Crippen molar-refractivity contribution in [1.82, 2.24) is 4.57 Å². The van der Waals surface area contributed by atoms with E-state index in [2.05, 4.69) is 12.2 Å². The molecule has 2 unspecified atom stereocenters. The lowest BCUT2D eigenvalue weighted by Gasteiger charge is -2.14. The first-order valence-electron chi connectivity index (χ1n) is 6.78. The van der Waals surface area contributed by atoms with Crippen LogP contribution >= 0.6 is 0 Å². The van der Waals surface area contributed by atoms with Crippen LogP contribution in [0.25, 0.3) is 0 Å². The summed E-state index contributed by atoms with van der Waals surface area (Å²) in [5.41, 5.74) is 0.937. The number of aromatic nitrogens is 1. The zero-order valence-corrected chi connectivity index (χ0v) is 11.6. The molecule has 5 nitrogen and oxygen atoms in total. The number of nitrogens with zero attached hydrogens (tertiary/aromatic N) is 1. The van der Waals surface area contributed by atoms with Gasteiger partial charge < -0.3 is 19.4 Å². The molecule has 0 aliphatic carbocycles. The lowest BCUT2D eigenvalue weighted by Crippen LogP contribution is -2.23. The molecule has 1 aliphatic heterocycles. The molecule has 0 saturated carbocycles. The second-order valence-electron chi connectivity index (χ2n) is 4.97. The minimum absolute atomic E-state index is 0.00617. The van der Waals surface area contributed by atoms with Crippen LogP contribution in [0.15, 0.2) is 23.1 Å². The Morgan fingerprint density at radius 2 is 2.32 bits per heavy atom. The maximum atomic E-state index is 11.6. The Labute approximate surface area is 113 Å². The maximum Gasteiger partial charge on any atom is 0.250 e. The molecule has 0 radical (unpaired) electrons. The predicted molar refractivity (Wildman–Crippen MR) is 74.6 cm³/mol. The van der Waals surface area contributed by atoms with E-state index in [1.165, 1.54) is 0 Å². The molecule has 1 fully saturated rings. The minimum atomic E-state index is -0.00617. The van der Waals surface area contributed by atoms with Gasteiger partial charge >= 0.3 is 0 Å². The third-order valence-corrected chi connectivity index (χ3v) is 3.37. The summed E-state index contributed by atoms with van der Waals surface area (Å²) in [6, 6.07) is 3.39. The third kappa shape index (κ3) is 4.08. The summed E-state index contributed by atoms with van der Waals surface area (Å²) in [4.78, 5) is 11.6. The van der Waals surface area contributed by atoms with Crippen LogP contribution in [-0.4, -0.2) is 37.0 Å². The maximum absolute atomic E-state index is 11.6. The zero-order valence-electron chi connectivity index (χ0n) is 11.6. The Morgan fingerprint density at radius 3 is 3.00 bits per heavy atom. The van der Waals surface area contributed by atoms with Crippen LogP contribution in [0.3, 0.4) is 0 Å². The van der Waals surface area contributed by atoms with E-state index < -0.39 is 0 Å². The molecule has 2 atom stereocenters. The van der Waals surface area contributed by atoms with Gasteiger partial charge in [0.15, 0.2) is 0 Å². The molecule has 19 heavy (non-hydrogen) atoms. The number of rotatable bonds is 6. The molecular formula is C14H22N2O3. The highest BCUT2D eigenvalue weighted by Gasteiger charge is 2.21. The summed E-state index contributed by atoms with van der Waals surface area (Å²) in [6.45, 7) is 3.99. The first-order chi connectivity index (χ1) is 9.19. The standard InChI is InChI=1S/C14H22N2O3/c1-11-3-5-13(19-11)9-15-12-4-6-14(17)16(10-12)7-8-18-2/h4,6,10-11,13,15H,3,5,7-9H2,1-2H3. The monoisotopic (exact) mass is 266 g/mol. The quantitative estimate of drug-likeness (QED) is 0.847. The van der Waals surface area contributed by atoms with Gasteiger partial charge in [0.2, 0.25) is 0 Å². The van der Waals surface area contributed by atoms with E-state index in [9.17, 15) is 4.79 Å². The van der Waals surface area contributed by atoms with Crippen LogP contribution < -0.4 is 10.9 Å². The van der Waals surface area contributed by atoms with Gasteiger partial charge in [0.05, 0.1) is 24.5 Å². The van der Waals surface area contributed by atoms with E-state index in [-0.39, 0.29) is 11.7 Å². The van der Waals surface area contributed by atoms with Gasteiger partial charge in [0, 0.05) is 32.5 Å². The number of anilines is 1. The predicted octanol–water partition coefficient (Wildman–Crippen LogP) is 1.47. The van der Waals surface area contributed by atoms with Gasteiger partial charge in [-0.05, 0) is 25.8 Å². The Kier molecular flexibility index (Phi) is 4.99. The first-order valence-corrected chi connectivity index (χ1v) is 6.78. The number of hydrogen-bond acceptors (Lipinski definition) is 4. The van der Waals surface area contributed by atoms with Crippen LogP contribution in [0.5, 0.6) is 0 Å². The van der Waals surface area contributed by atoms with Crippen LogP contribution in [0.4, 0.5) is 5.69 Å². The second kappa shape index (κ2) is 6.73. The molecule has 0 spiro atoms. The minimum Gasteiger partial charge on any atom is -0.383 e. The summed E-state index contributed by atoms with van der Waals surface area (Å²) in [5, 5.41) is 3.33. The molecular weight excluding hydrogens is 244 g/mol. The lowest BCUT2D eigenvalue weighted by atomic mass is 10.2. The summed E-state index contributed by atoms with van der Waals surface area (Å²) < 4.78 is 12.4. The molecule has 0 amide bonds. The first kappa shape index (κ1) is 14.1. The fourth-order valence-electron chi connectivity index (χ4n) is 2.27. The summed E-state index contributed by atoms with van der Waals surface area (Å²) in [6.07, 6.45) is 4.69. The molecule has 106 valence electrons. The van der Waals surface area contributed by atoms with Crippen LogP contribution in [-0.2, 0) is 16.0 Å². The Balaban J connectivity index is 1.91. The van der Waals surface area contributed by atoms with Gasteiger partial charge in [-0.2, -0.15) is 0 Å². The number of pyridine rings is 1. The molecule has 1 aromatic heterocycles. The molecule has 2 heterocycles. The Morgan fingerprint density at radius 1 is 1.47 bits per heavy atom. The zero-order chi connectivity index (χ0) is 13.7. The van der Waals surface area contributed by atoms with Crippen molar-refractivity contribution < 1.29 is 9.47 Å². The van der Waals surface area contributed by atoms with Gasteiger partial charge in [-0.1, -0.05) is 0 Å². The fourth-order valence-corrected chi connectivity index (χ4v) is 2.27. The number of methoxy groups -OCH3 is 1. The highest BCUT2D eigenvalue weighted by Crippen LogP contribution is 2.19. The van der Waals surface area contributed by atoms with Crippen LogP contribution in [0.1, 0.15) is 19.8 Å². The summed E-state index contributed by atoms with van der Waals surface area (Å²) in [5.74, 6) is 0. The molecule has 1 saturated heterocycles. The lowest BCUT2D eigenvalue weighted by molar-refractivity contribution is 0.0637. The van der Waals surface area contributed by atoms with Crippen molar-refractivity contribution in [3.05, 3.63) is 28.7 Å².